The molecule has 120 valence electrons. The molecular formula is C17H23NO4. The lowest BCUT2D eigenvalue weighted by Crippen LogP contribution is -2.35. The Labute approximate surface area is 131 Å². The van der Waals surface area contributed by atoms with Gasteiger partial charge in [-0.15, -0.1) is 0 Å². The SMILES string of the molecule is C=CCOc1ccccc1OC(C)C1CN(C(C)C)C(=O)O1. The second-order valence-corrected chi connectivity index (χ2v) is 5.54. The first-order chi connectivity index (χ1) is 10.5. The normalized spacial score (nSPS) is 19.0. The van der Waals surface area contributed by atoms with Gasteiger partial charge in [0, 0.05) is 6.04 Å². The first kappa shape index (κ1) is 16.2. The Balaban J connectivity index is 2.02. The van der Waals surface area contributed by atoms with E-state index < -0.39 is 0 Å². The molecule has 2 atom stereocenters. The van der Waals surface area contributed by atoms with Gasteiger partial charge in [-0.05, 0) is 32.9 Å². The van der Waals surface area contributed by atoms with Gasteiger partial charge in [0.05, 0.1) is 6.54 Å². The van der Waals surface area contributed by atoms with Gasteiger partial charge in [-0.25, -0.2) is 4.79 Å². The summed E-state index contributed by atoms with van der Waals surface area (Å²) in [6.07, 6.45) is 0.842. The molecule has 5 nitrogen and oxygen atoms in total. The summed E-state index contributed by atoms with van der Waals surface area (Å²) in [7, 11) is 0. The molecule has 1 saturated heterocycles. The van der Waals surface area contributed by atoms with Crippen molar-refractivity contribution in [2.75, 3.05) is 13.2 Å². The van der Waals surface area contributed by atoms with Gasteiger partial charge in [0.2, 0.25) is 0 Å². The molecule has 0 aromatic heterocycles. The van der Waals surface area contributed by atoms with Crippen LogP contribution in [0.1, 0.15) is 20.8 Å². The number of nitrogens with zero attached hydrogens (tertiary/aromatic N) is 1. The lowest BCUT2D eigenvalue weighted by atomic mass is 10.2. The molecule has 5 heteroatoms. The number of amides is 1. The minimum Gasteiger partial charge on any atom is -0.486 e. The highest BCUT2D eigenvalue weighted by Crippen LogP contribution is 2.29. The zero-order chi connectivity index (χ0) is 16.1. The van der Waals surface area contributed by atoms with E-state index in [0.29, 0.717) is 24.7 Å². The molecule has 1 fully saturated rings. The summed E-state index contributed by atoms with van der Waals surface area (Å²) in [5, 5.41) is 0. The molecule has 2 rings (SSSR count). The lowest BCUT2D eigenvalue weighted by molar-refractivity contribution is 0.0561. The highest BCUT2D eigenvalue weighted by molar-refractivity contribution is 5.70. The van der Waals surface area contributed by atoms with Gasteiger partial charge in [0.1, 0.15) is 12.7 Å². The monoisotopic (exact) mass is 305 g/mol. The Kier molecular flexibility index (Phi) is 5.31. The van der Waals surface area contributed by atoms with Crippen molar-refractivity contribution >= 4 is 6.09 Å². The average molecular weight is 305 g/mol. The fourth-order valence-electron chi connectivity index (χ4n) is 2.26. The van der Waals surface area contributed by atoms with E-state index in [1.807, 2.05) is 45.0 Å². The molecule has 0 saturated carbocycles. The van der Waals surface area contributed by atoms with Crippen LogP contribution in [0.5, 0.6) is 11.5 Å². The summed E-state index contributed by atoms with van der Waals surface area (Å²) in [6, 6.07) is 7.56. The molecule has 1 heterocycles. The molecule has 0 N–H and O–H groups in total. The molecular weight excluding hydrogens is 282 g/mol. The molecule has 0 radical (unpaired) electrons. The van der Waals surface area contributed by atoms with Crippen LogP contribution < -0.4 is 9.47 Å². The van der Waals surface area contributed by atoms with E-state index in [0.717, 1.165) is 0 Å². The van der Waals surface area contributed by atoms with Gasteiger partial charge in [-0.2, -0.15) is 0 Å². The van der Waals surface area contributed by atoms with Crippen LogP contribution in [0.25, 0.3) is 0 Å². The highest BCUT2D eigenvalue weighted by atomic mass is 16.6. The van der Waals surface area contributed by atoms with E-state index >= 15 is 0 Å². The number of carbonyl (C=O) groups excluding carboxylic acids is 1. The van der Waals surface area contributed by atoms with Gasteiger partial charge in [0.15, 0.2) is 17.6 Å². The summed E-state index contributed by atoms with van der Waals surface area (Å²) in [5.74, 6) is 1.29. The quantitative estimate of drug-likeness (QED) is 0.726. The molecule has 0 aliphatic carbocycles. The number of rotatable bonds is 7. The molecule has 2 unspecified atom stereocenters. The van der Waals surface area contributed by atoms with Crippen molar-refractivity contribution in [2.24, 2.45) is 0 Å². The van der Waals surface area contributed by atoms with Crippen molar-refractivity contribution in [3.8, 4) is 11.5 Å². The Morgan fingerprint density at radius 2 is 2.05 bits per heavy atom. The summed E-state index contributed by atoms with van der Waals surface area (Å²) >= 11 is 0. The number of hydrogen-bond acceptors (Lipinski definition) is 4. The first-order valence-electron chi connectivity index (χ1n) is 7.49. The number of cyclic esters (lactones) is 1. The van der Waals surface area contributed by atoms with Gasteiger partial charge in [0.25, 0.3) is 0 Å². The van der Waals surface area contributed by atoms with Crippen molar-refractivity contribution < 1.29 is 19.0 Å². The van der Waals surface area contributed by atoms with Crippen LogP contribution in [-0.4, -0.2) is 42.4 Å². The third-order valence-electron chi connectivity index (χ3n) is 3.53. The van der Waals surface area contributed by atoms with E-state index in [2.05, 4.69) is 6.58 Å². The largest absolute Gasteiger partial charge is 0.486 e. The minimum absolute atomic E-state index is 0.118. The number of benzene rings is 1. The predicted molar refractivity (Wildman–Crippen MR) is 84.3 cm³/mol. The first-order valence-corrected chi connectivity index (χ1v) is 7.49. The standard InChI is InChI=1S/C17H23NO4/c1-5-10-20-14-8-6-7-9-15(14)21-13(4)16-11-18(12(2)3)17(19)22-16/h5-9,12-13,16H,1,10-11H2,2-4H3. The lowest BCUT2D eigenvalue weighted by Gasteiger charge is -2.21. The molecule has 1 aromatic rings. The summed E-state index contributed by atoms with van der Waals surface area (Å²) in [5.41, 5.74) is 0. The number of carbonyl (C=O) groups is 1. The maximum atomic E-state index is 11.8. The molecule has 22 heavy (non-hydrogen) atoms. The number of para-hydroxylation sites is 2. The zero-order valence-electron chi connectivity index (χ0n) is 13.3. The van der Waals surface area contributed by atoms with Crippen molar-refractivity contribution in [1.82, 2.24) is 4.90 Å². The van der Waals surface area contributed by atoms with Crippen LogP contribution in [0.3, 0.4) is 0 Å². The molecule has 1 amide bonds. The van der Waals surface area contributed by atoms with Crippen LogP contribution in [0.4, 0.5) is 4.79 Å². The van der Waals surface area contributed by atoms with E-state index in [1.54, 1.807) is 11.0 Å². The molecule has 1 aliphatic rings. The van der Waals surface area contributed by atoms with Crippen LogP contribution >= 0.6 is 0 Å². The Bertz CT molecular complexity index is 529. The topological polar surface area (TPSA) is 48.0 Å². The van der Waals surface area contributed by atoms with Gasteiger partial charge < -0.3 is 19.1 Å². The molecule has 0 bridgehead atoms. The minimum atomic E-state index is -0.289. The third-order valence-corrected chi connectivity index (χ3v) is 3.53. The molecule has 1 aromatic carbocycles. The van der Waals surface area contributed by atoms with Crippen LogP contribution in [0.2, 0.25) is 0 Å². The number of ether oxygens (including phenoxy) is 3. The van der Waals surface area contributed by atoms with Crippen molar-refractivity contribution in [3.63, 3.8) is 0 Å². The van der Waals surface area contributed by atoms with E-state index in [1.165, 1.54) is 0 Å². The third kappa shape index (κ3) is 3.72. The molecule has 1 aliphatic heterocycles. The summed E-state index contributed by atoms with van der Waals surface area (Å²) in [6.45, 7) is 10.4. The zero-order valence-corrected chi connectivity index (χ0v) is 13.3. The molecule has 0 spiro atoms. The smallest absolute Gasteiger partial charge is 0.410 e. The van der Waals surface area contributed by atoms with Crippen molar-refractivity contribution in [1.29, 1.82) is 0 Å². The van der Waals surface area contributed by atoms with Crippen LogP contribution in [0.15, 0.2) is 36.9 Å². The average Bonchev–Trinajstić information content (AvgIpc) is 2.88. The van der Waals surface area contributed by atoms with E-state index in [9.17, 15) is 4.79 Å². The Morgan fingerprint density at radius 3 is 2.64 bits per heavy atom. The van der Waals surface area contributed by atoms with Gasteiger partial charge >= 0.3 is 6.09 Å². The maximum absolute atomic E-state index is 11.8. The maximum Gasteiger partial charge on any atom is 0.410 e. The van der Waals surface area contributed by atoms with Crippen LogP contribution in [0, 0.1) is 0 Å². The fourth-order valence-corrected chi connectivity index (χ4v) is 2.26. The van der Waals surface area contributed by atoms with Crippen molar-refractivity contribution in [2.45, 2.75) is 39.0 Å². The summed E-state index contributed by atoms with van der Waals surface area (Å²) in [4.78, 5) is 13.5. The van der Waals surface area contributed by atoms with E-state index in [-0.39, 0.29) is 24.3 Å². The predicted octanol–water partition coefficient (Wildman–Crippen LogP) is 3.25. The number of hydrogen-bond donors (Lipinski definition) is 0. The van der Waals surface area contributed by atoms with Crippen LogP contribution in [-0.2, 0) is 4.74 Å². The summed E-state index contributed by atoms with van der Waals surface area (Å²) < 4.78 is 16.9. The van der Waals surface area contributed by atoms with Gasteiger partial charge in [-0.1, -0.05) is 24.8 Å². The Morgan fingerprint density at radius 1 is 1.36 bits per heavy atom. The van der Waals surface area contributed by atoms with Gasteiger partial charge in [-0.3, -0.25) is 0 Å². The second kappa shape index (κ2) is 7.20. The van der Waals surface area contributed by atoms with Crippen molar-refractivity contribution in [3.05, 3.63) is 36.9 Å². The fraction of sp³-hybridized carbons (Fsp3) is 0.471. The highest BCUT2D eigenvalue weighted by Gasteiger charge is 2.37. The Hall–Kier alpha value is -2.17. The second-order valence-electron chi connectivity index (χ2n) is 5.54. The van der Waals surface area contributed by atoms with E-state index in [4.69, 9.17) is 14.2 Å².